The van der Waals surface area contributed by atoms with E-state index in [1.165, 1.54) is 24.3 Å². The predicted octanol–water partition coefficient (Wildman–Crippen LogP) is 4.60. The van der Waals surface area contributed by atoms with Crippen LogP contribution >= 0.6 is 0 Å². The average molecular weight is 395 g/mol. The number of amidine groups is 1. The molecule has 0 aromatic heterocycles. The molecular weight excluding hydrogens is 376 g/mol. The zero-order valence-corrected chi connectivity index (χ0v) is 15.8. The summed E-state index contributed by atoms with van der Waals surface area (Å²) >= 11 is 0. The van der Waals surface area contributed by atoms with Crippen LogP contribution in [-0.4, -0.2) is 16.7 Å². The van der Waals surface area contributed by atoms with Crippen molar-refractivity contribution in [2.24, 2.45) is 5.16 Å². The molecule has 0 amide bonds. The molecule has 0 aliphatic carbocycles. The lowest BCUT2D eigenvalue weighted by Crippen LogP contribution is -2.39. The third-order valence-corrected chi connectivity index (χ3v) is 4.53. The number of nitrogens with two attached hydrogens (primary N) is 1. The fourth-order valence-electron chi connectivity index (χ4n) is 3.34. The lowest BCUT2D eigenvalue weighted by Gasteiger charge is -2.19. The molecule has 5 nitrogen and oxygen atoms in total. The van der Waals surface area contributed by atoms with Crippen molar-refractivity contribution < 1.29 is 18.7 Å². The fraction of sp³-hybridized carbons (Fsp3) is 0.136. The van der Waals surface area contributed by atoms with Crippen LogP contribution in [-0.2, 0) is 4.84 Å². The summed E-state index contributed by atoms with van der Waals surface area (Å²) in [6, 6.07) is 13.2. The predicted molar refractivity (Wildman–Crippen MR) is 108 cm³/mol. The normalized spacial score (nSPS) is 14.8. The molecule has 4 N–H and O–H groups in total. The van der Waals surface area contributed by atoms with Crippen LogP contribution in [0.5, 0.6) is 5.75 Å². The maximum absolute atomic E-state index is 14.0. The summed E-state index contributed by atoms with van der Waals surface area (Å²) in [5, 5.41) is 16.9. The van der Waals surface area contributed by atoms with Gasteiger partial charge < -0.3 is 21.0 Å². The Hall–Kier alpha value is -3.61. The number of nitrogens with zero attached hydrogens (tertiary/aromatic N) is 1. The van der Waals surface area contributed by atoms with Gasteiger partial charge in [-0.05, 0) is 66.9 Å². The van der Waals surface area contributed by atoms with E-state index >= 15 is 0 Å². The van der Waals surface area contributed by atoms with Gasteiger partial charge in [-0.15, -0.1) is 0 Å². The number of hydrogen-bond donors (Lipinski definition) is 3. The lowest BCUT2D eigenvalue weighted by atomic mass is 9.89. The summed E-state index contributed by atoms with van der Waals surface area (Å²) in [5.41, 5.74) is 8.62. The number of rotatable bonds is 3. The topological polar surface area (TPSA) is 79.9 Å². The van der Waals surface area contributed by atoms with E-state index in [9.17, 15) is 13.9 Å². The molecule has 3 aromatic rings. The van der Waals surface area contributed by atoms with Gasteiger partial charge in [0.25, 0.3) is 0 Å². The Morgan fingerprint density at radius 2 is 1.55 bits per heavy atom. The smallest absolute Gasteiger partial charge is 0.203 e. The molecule has 3 aromatic carbocycles. The Bertz CT molecular complexity index is 1110. The quantitative estimate of drug-likeness (QED) is 0.566. The van der Waals surface area contributed by atoms with Gasteiger partial charge in [-0.1, -0.05) is 17.3 Å². The van der Waals surface area contributed by atoms with E-state index in [1.807, 2.05) is 0 Å². The highest BCUT2D eigenvalue weighted by Crippen LogP contribution is 2.39. The summed E-state index contributed by atoms with van der Waals surface area (Å²) in [6.07, 6.45) is 0. The Labute approximate surface area is 166 Å². The molecule has 0 atom stereocenters. The first-order chi connectivity index (χ1) is 13.7. The molecule has 0 saturated carbocycles. The Kier molecular flexibility index (Phi) is 4.38. The van der Waals surface area contributed by atoms with Crippen LogP contribution in [0.15, 0.2) is 59.8 Å². The highest BCUT2D eigenvalue weighted by Gasteiger charge is 2.30. The Morgan fingerprint density at radius 1 is 0.931 bits per heavy atom. The van der Waals surface area contributed by atoms with Gasteiger partial charge in [0, 0.05) is 22.9 Å². The number of anilines is 1. The van der Waals surface area contributed by atoms with E-state index in [0.29, 0.717) is 33.8 Å². The van der Waals surface area contributed by atoms with E-state index < -0.39 is 17.4 Å². The maximum Gasteiger partial charge on any atom is 0.203 e. The second-order valence-electron chi connectivity index (χ2n) is 7.36. The van der Waals surface area contributed by atoms with Crippen LogP contribution in [0.2, 0.25) is 0 Å². The van der Waals surface area contributed by atoms with Gasteiger partial charge in [-0.25, -0.2) is 8.78 Å². The standard InChI is InChI=1S/C22H19F2N3O2/c1-22(2)26-21(27-29-22)19-11-16(25)10-18(12-3-5-17(28)6-4-12)20(19)13-7-14(23)9-15(24)8-13/h3-11,28H,25H2,1-2H3,(H,26,27). The monoisotopic (exact) mass is 395 g/mol. The number of phenolic OH excluding ortho intramolecular Hbond substituents is 1. The minimum atomic E-state index is -0.733. The minimum Gasteiger partial charge on any atom is -0.508 e. The Balaban J connectivity index is 2.02. The second-order valence-corrected chi connectivity index (χ2v) is 7.36. The summed E-state index contributed by atoms with van der Waals surface area (Å²) in [4.78, 5) is 5.40. The van der Waals surface area contributed by atoms with Crippen molar-refractivity contribution in [1.29, 1.82) is 0 Å². The van der Waals surface area contributed by atoms with Gasteiger partial charge in [0.15, 0.2) is 5.84 Å². The van der Waals surface area contributed by atoms with Crippen molar-refractivity contribution in [2.45, 2.75) is 19.6 Å². The summed E-state index contributed by atoms with van der Waals surface area (Å²) in [5.74, 6) is -0.884. The molecule has 7 heteroatoms. The number of hydrogen-bond acceptors (Lipinski definition) is 5. The largest absolute Gasteiger partial charge is 0.508 e. The van der Waals surface area contributed by atoms with Crippen molar-refractivity contribution in [3.8, 4) is 28.0 Å². The fourth-order valence-corrected chi connectivity index (χ4v) is 3.34. The van der Waals surface area contributed by atoms with E-state index in [0.717, 1.165) is 11.6 Å². The molecule has 1 aliphatic heterocycles. The third-order valence-electron chi connectivity index (χ3n) is 4.53. The molecule has 148 valence electrons. The minimum absolute atomic E-state index is 0.105. The summed E-state index contributed by atoms with van der Waals surface area (Å²) in [7, 11) is 0. The van der Waals surface area contributed by atoms with E-state index in [1.54, 1.807) is 38.1 Å². The molecule has 0 saturated heterocycles. The van der Waals surface area contributed by atoms with Crippen molar-refractivity contribution in [3.63, 3.8) is 0 Å². The van der Waals surface area contributed by atoms with Gasteiger partial charge in [0.2, 0.25) is 5.72 Å². The number of benzene rings is 3. The van der Waals surface area contributed by atoms with Crippen molar-refractivity contribution in [2.75, 3.05) is 5.73 Å². The third kappa shape index (κ3) is 3.71. The molecule has 29 heavy (non-hydrogen) atoms. The first kappa shape index (κ1) is 18.7. The molecule has 0 bridgehead atoms. The maximum atomic E-state index is 14.0. The Morgan fingerprint density at radius 3 is 2.14 bits per heavy atom. The van der Waals surface area contributed by atoms with Gasteiger partial charge in [-0.3, -0.25) is 0 Å². The molecule has 0 radical (unpaired) electrons. The van der Waals surface area contributed by atoms with Crippen LogP contribution in [0.3, 0.4) is 0 Å². The number of phenols is 1. The highest BCUT2D eigenvalue weighted by atomic mass is 19.1. The highest BCUT2D eigenvalue weighted by molar-refractivity contribution is 6.09. The van der Waals surface area contributed by atoms with E-state index in [-0.39, 0.29) is 5.75 Å². The van der Waals surface area contributed by atoms with Gasteiger partial charge in [0.1, 0.15) is 17.4 Å². The number of nitrogens with one attached hydrogen (secondary N) is 1. The molecule has 1 aliphatic rings. The van der Waals surface area contributed by atoms with Crippen LogP contribution in [0.1, 0.15) is 19.4 Å². The van der Waals surface area contributed by atoms with Crippen molar-refractivity contribution in [3.05, 3.63) is 71.8 Å². The molecule has 0 fully saturated rings. The zero-order chi connectivity index (χ0) is 20.8. The number of halogens is 2. The second kappa shape index (κ2) is 6.77. The van der Waals surface area contributed by atoms with Gasteiger partial charge >= 0.3 is 0 Å². The summed E-state index contributed by atoms with van der Waals surface area (Å²) < 4.78 is 28.1. The lowest BCUT2D eigenvalue weighted by molar-refractivity contribution is -0.00234. The van der Waals surface area contributed by atoms with Crippen LogP contribution in [0.25, 0.3) is 22.3 Å². The molecule has 4 rings (SSSR count). The average Bonchev–Trinajstić information content (AvgIpc) is 3.00. The molecule has 0 spiro atoms. The molecule has 0 unspecified atom stereocenters. The van der Waals surface area contributed by atoms with Crippen LogP contribution < -0.4 is 11.1 Å². The van der Waals surface area contributed by atoms with Crippen molar-refractivity contribution in [1.82, 2.24) is 5.32 Å². The van der Waals surface area contributed by atoms with Crippen LogP contribution in [0, 0.1) is 11.6 Å². The number of aromatic hydroxyl groups is 1. The van der Waals surface area contributed by atoms with E-state index in [2.05, 4.69) is 10.5 Å². The zero-order valence-electron chi connectivity index (χ0n) is 15.8. The van der Waals surface area contributed by atoms with E-state index in [4.69, 9.17) is 10.6 Å². The number of oxime groups is 1. The van der Waals surface area contributed by atoms with Crippen molar-refractivity contribution >= 4 is 11.5 Å². The molecular formula is C22H19F2N3O2. The van der Waals surface area contributed by atoms with Gasteiger partial charge in [0.05, 0.1) is 0 Å². The van der Waals surface area contributed by atoms with Gasteiger partial charge in [-0.2, -0.15) is 0 Å². The SMILES string of the molecule is CC1(C)NC(c2cc(N)cc(-c3ccc(O)cc3)c2-c2cc(F)cc(F)c2)=NO1. The first-order valence-corrected chi connectivity index (χ1v) is 8.96. The first-order valence-electron chi connectivity index (χ1n) is 8.96. The van der Waals surface area contributed by atoms with Crippen LogP contribution in [0.4, 0.5) is 14.5 Å². The summed E-state index contributed by atoms with van der Waals surface area (Å²) in [6.45, 7) is 3.61. The molecule has 1 heterocycles. The number of nitrogen functional groups attached to an aromatic ring is 1.